The fourth-order valence-corrected chi connectivity index (χ4v) is 2.27. The van der Waals surface area contributed by atoms with E-state index in [-0.39, 0.29) is 12.5 Å². The Hall–Kier alpha value is -1.35. The molecule has 0 aromatic heterocycles. The Morgan fingerprint density at radius 3 is 2.76 bits per heavy atom. The largest absolute Gasteiger partial charge is 0.396 e. The maximum absolute atomic E-state index is 11.5. The fourth-order valence-electron chi connectivity index (χ4n) is 2.27. The van der Waals surface area contributed by atoms with Gasteiger partial charge in [0.1, 0.15) is 0 Å². The van der Waals surface area contributed by atoms with E-state index in [9.17, 15) is 4.79 Å². The SMILES string of the molecule is O=C(CCCO)Nc1ccc2c(c1)CCCC2. The first kappa shape index (κ1) is 12.1. The Morgan fingerprint density at radius 1 is 1.24 bits per heavy atom. The van der Waals surface area contributed by atoms with Gasteiger partial charge in [-0.25, -0.2) is 0 Å². The molecule has 2 N–H and O–H groups in total. The molecule has 1 aromatic carbocycles. The monoisotopic (exact) mass is 233 g/mol. The number of nitrogens with one attached hydrogen (secondary N) is 1. The molecule has 0 unspecified atom stereocenters. The van der Waals surface area contributed by atoms with Crippen molar-refractivity contribution in [3.8, 4) is 0 Å². The third-order valence-corrected chi connectivity index (χ3v) is 3.19. The summed E-state index contributed by atoms with van der Waals surface area (Å²) in [7, 11) is 0. The lowest BCUT2D eigenvalue weighted by molar-refractivity contribution is -0.116. The molecule has 0 heterocycles. The first-order valence-corrected chi connectivity index (χ1v) is 6.32. The van der Waals surface area contributed by atoms with Gasteiger partial charge in [-0.3, -0.25) is 4.79 Å². The summed E-state index contributed by atoms with van der Waals surface area (Å²) in [5.74, 6) is -0.0187. The van der Waals surface area contributed by atoms with Gasteiger partial charge in [0.2, 0.25) is 5.91 Å². The summed E-state index contributed by atoms with van der Waals surface area (Å²) in [5, 5.41) is 11.5. The molecule has 2 rings (SSSR count). The normalized spacial score (nSPS) is 14.2. The molecule has 0 spiro atoms. The number of fused-ring (bicyclic) bond motifs is 1. The van der Waals surface area contributed by atoms with Crippen molar-refractivity contribution in [3.05, 3.63) is 29.3 Å². The van der Waals surface area contributed by atoms with Crippen molar-refractivity contribution in [1.29, 1.82) is 0 Å². The van der Waals surface area contributed by atoms with Crippen molar-refractivity contribution in [2.45, 2.75) is 38.5 Å². The molecule has 17 heavy (non-hydrogen) atoms. The van der Waals surface area contributed by atoms with Crippen LogP contribution in [0.4, 0.5) is 5.69 Å². The zero-order valence-electron chi connectivity index (χ0n) is 10.0. The summed E-state index contributed by atoms with van der Waals surface area (Å²) in [6.45, 7) is 0.0671. The van der Waals surface area contributed by atoms with Crippen LogP contribution in [0, 0.1) is 0 Å². The number of benzene rings is 1. The van der Waals surface area contributed by atoms with E-state index >= 15 is 0 Å². The van der Waals surface area contributed by atoms with Crippen molar-refractivity contribution in [1.82, 2.24) is 0 Å². The summed E-state index contributed by atoms with van der Waals surface area (Å²) in [6, 6.07) is 6.18. The second kappa shape index (κ2) is 5.82. The number of amides is 1. The highest BCUT2D eigenvalue weighted by molar-refractivity contribution is 5.90. The highest BCUT2D eigenvalue weighted by Gasteiger charge is 2.10. The number of aryl methyl sites for hydroxylation is 2. The van der Waals surface area contributed by atoms with Crippen LogP contribution in [0.15, 0.2) is 18.2 Å². The number of carbonyl (C=O) groups is 1. The Morgan fingerprint density at radius 2 is 2.00 bits per heavy atom. The molecular formula is C14H19NO2. The summed E-state index contributed by atoms with van der Waals surface area (Å²) in [4.78, 5) is 11.5. The lowest BCUT2D eigenvalue weighted by Gasteiger charge is -2.16. The Balaban J connectivity index is 1.99. The lowest BCUT2D eigenvalue weighted by Crippen LogP contribution is -2.12. The molecule has 3 heteroatoms. The molecule has 0 aliphatic heterocycles. The summed E-state index contributed by atoms with van der Waals surface area (Å²) >= 11 is 0. The molecule has 1 aliphatic rings. The van der Waals surface area contributed by atoms with E-state index < -0.39 is 0 Å². The molecule has 92 valence electrons. The Bertz CT molecular complexity index is 401. The third kappa shape index (κ3) is 3.30. The minimum Gasteiger partial charge on any atom is -0.396 e. The minimum atomic E-state index is -0.0187. The fraction of sp³-hybridized carbons (Fsp3) is 0.500. The Labute approximate surface area is 102 Å². The first-order chi connectivity index (χ1) is 8.29. The highest BCUT2D eigenvalue weighted by Crippen LogP contribution is 2.24. The van der Waals surface area contributed by atoms with Crippen LogP contribution in [0.5, 0.6) is 0 Å². The molecular weight excluding hydrogens is 214 g/mol. The lowest BCUT2D eigenvalue weighted by atomic mass is 9.91. The van der Waals surface area contributed by atoms with Gasteiger partial charge in [-0.2, -0.15) is 0 Å². The highest BCUT2D eigenvalue weighted by atomic mass is 16.3. The second-order valence-corrected chi connectivity index (χ2v) is 4.57. The van der Waals surface area contributed by atoms with E-state index in [0.717, 1.165) is 18.5 Å². The standard InChI is InChI=1S/C14H19NO2/c16-9-3-6-14(17)15-13-8-7-11-4-1-2-5-12(11)10-13/h7-8,10,16H,1-6,9H2,(H,15,17). The van der Waals surface area contributed by atoms with E-state index in [2.05, 4.69) is 17.4 Å². The molecule has 1 aromatic rings. The van der Waals surface area contributed by atoms with Crippen molar-refractivity contribution < 1.29 is 9.90 Å². The quantitative estimate of drug-likeness (QED) is 0.838. The third-order valence-electron chi connectivity index (χ3n) is 3.19. The van der Waals surface area contributed by atoms with Crippen LogP contribution in [-0.4, -0.2) is 17.6 Å². The van der Waals surface area contributed by atoms with E-state index in [0.29, 0.717) is 12.8 Å². The van der Waals surface area contributed by atoms with E-state index in [1.807, 2.05) is 6.07 Å². The molecule has 0 radical (unpaired) electrons. The number of rotatable bonds is 4. The van der Waals surface area contributed by atoms with Gasteiger partial charge in [0.15, 0.2) is 0 Å². The number of aliphatic hydroxyl groups is 1. The number of hydrogen-bond acceptors (Lipinski definition) is 2. The molecule has 1 aliphatic carbocycles. The molecule has 3 nitrogen and oxygen atoms in total. The van der Waals surface area contributed by atoms with Crippen LogP contribution in [0.25, 0.3) is 0 Å². The van der Waals surface area contributed by atoms with Gasteiger partial charge in [0, 0.05) is 18.7 Å². The van der Waals surface area contributed by atoms with Crippen LogP contribution in [0.1, 0.15) is 36.8 Å². The molecule has 0 bridgehead atoms. The van der Waals surface area contributed by atoms with Gasteiger partial charge >= 0.3 is 0 Å². The summed E-state index contributed by atoms with van der Waals surface area (Å²) < 4.78 is 0. The van der Waals surface area contributed by atoms with Crippen molar-refractivity contribution in [3.63, 3.8) is 0 Å². The smallest absolute Gasteiger partial charge is 0.224 e. The van der Waals surface area contributed by atoms with Crippen molar-refractivity contribution in [2.24, 2.45) is 0 Å². The first-order valence-electron chi connectivity index (χ1n) is 6.32. The van der Waals surface area contributed by atoms with Crippen LogP contribution in [0.3, 0.4) is 0 Å². The van der Waals surface area contributed by atoms with Gasteiger partial charge in [-0.05, 0) is 55.4 Å². The van der Waals surface area contributed by atoms with E-state index in [4.69, 9.17) is 5.11 Å². The van der Waals surface area contributed by atoms with Gasteiger partial charge in [0.25, 0.3) is 0 Å². The maximum Gasteiger partial charge on any atom is 0.224 e. The molecule has 0 saturated carbocycles. The topological polar surface area (TPSA) is 49.3 Å². The second-order valence-electron chi connectivity index (χ2n) is 4.57. The predicted octanol–water partition coefficient (Wildman–Crippen LogP) is 2.28. The number of anilines is 1. The van der Waals surface area contributed by atoms with E-state index in [1.165, 1.54) is 24.0 Å². The number of hydrogen-bond donors (Lipinski definition) is 2. The van der Waals surface area contributed by atoms with Gasteiger partial charge < -0.3 is 10.4 Å². The zero-order chi connectivity index (χ0) is 12.1. The molecule has 0 atom stereocenters. The van der Waals surface area contributed by atoms with Crippen molar-refractivity contribution >= 4 is 11.6 Å². The minimum absolute atomic E-state index is 0.0187. The van der Waals surface area contributed by atoms with Gasteiger partial charge in [-0.15, -0.1) is 0 Å². The molecule has 0 fully saturated rings. The summed E-state index contributed by atoms with van der Waals surface area (Å²) in [6.07, 6.45) is 5.71. The zero-order valence-corrected chi connectivity index (χ0v) is 10.0. The Kier molecular flexibility index (Phi) is 4.15. The summed E-state index contributed by atoms with van der Waals surface area (Å²) in [5.41, 5.74) is 3.68. The maximum atomic E-state index is 11.5. The molecule has 0 saturated heterocycles. The number of aliphatic hydroxyl groups excluding tert-OH is 1. The van der Waals surface area contributed by atoms with Crippen LogP contribution in [-0.2, 0) is 17.6 Å². The van der Waals surface area contributed by atoms with Crippen molar-refractivity contribution in [2.75, 3.05) is 11.9 Å². The van der Waals surface area contributed by atoms with Crippen LogP contribution in [0.2, 0.25) is 0 Å². The van der Waals surface area contributed by atoms with Crippen LogP contribution < -0.4 is 5.32 Å². The van der Waals surface area contributed by atoms with Gasteiger partial charge in [0.05, 0.1) is 0 Å². The molecule has 1 amide bonds. The van der Waals surface area contributed by atoms with Crippen LogP contribution >= 0.6 is 0 Å². The number of carbonyl (C=O) groups excluding carboxylic acids is 1. The van der Waals surface area contributed by atoms with Gasteiger partial charge in [-0.1, -0.05) is 6.07 Å². The average Bonchev–Trinajstić information content (AvgIpc) is 2.36. The van der Waals surface area contributed by atoms with E-state index in [1.54, 1.807) is 0 Å². The average molecular weight is 233 g/mol. The predicted molar refractivity (Wildman–Crippen MR) is 68.0 cm³/mol.